The number of nitrogens with zero attached hydrogens (tertiary/aromatic N) is 1. The quantitative estimate of drug-likeness (QED) is 0.918. The van der Waals surface area contributed by atoms with Gasteiger partial charge in [0.25, 0.3) is 0 Å². The maximum atomic E-state index is 13.4. The van der Waals surface area contributed by atoms with E-state index in [-0.39, 0.29) is 0 Å². The van der Waals surface area contributed by atoms with E-state index in [0.29, 0.717) is 23.4 Å². The number of hydrogen-bond donors (Lipinski definition) is 1. The fourth-order valence-electron chi connectivity index (χ4n) is 1.94. The molecule has 19 heavy (non-hydrogen) atoms. The van der Waals surface area contributed by atoms with Gasteiger partial charge in [-0.25, -0.2) is 4.39 Å². The van der Waals surface area contributed by atoms with Gasteiger partial charge in [0.05, 0.1) is 18.7 Å². The lowest BCUT2D eigenvalue weighted by molar-refractivity contribution is 0.410. The van der Waals surface area contributed by atoms with Gasteiger partial charge < -0.3 is 10.5 Å². The Morgan fingerprint density at radius 2 is 2.00 bits per heavy atom. The van der Waals surface area contributed by atoms with Crippen molar-refractivity contribution >= 4 is 0 Å². The lowest BCUT2D eigenvalue weighted by Crippen LogP contribution is -2.00. The van der Waals surface area contributed by atoms with E-state index in [1.165, 1.54) is 12.1 Å². The van der Waals surface area contributed by atoms with E-state index in [2.05, 4.69) is 0 Å². The summed E-state index contributed by atoms with van der Waals surface area (Å²) in [5.41, 5.74) is 8.23. The Hall–Kier alpha value is -2.38. The van der Waals surface area contributed by atoms with E-state index < -0.39 is 5.82 Å². The fourth-order valence-corrected chi connectivity index (χ4v) is 1.94. The minimum absolute atomic E-state index is 0.292. The maximum Gasteiger partial charge on any atom is 0.125 e. The summed E-state index contributed by atoms with van der Waals surface area (Å²) in [6.45, 7) is 0.331. The average Bonchev–Trinajstić information content (AvgIpc) is 2.45. The Morgan fingerprint density at radius 1 is 1.21 bits per heavy atom. The number of methoxy groups -OCH3 is 1. The zero-order valence-electron chi connectivity index (χ0n) is 10.5. The largest absolute Gasteiger partial charge is 0.496 e. The van der Waals surface area contributed by atoms with Crippen LogP contribution in [0.1, 0.15) is 11.1 Å². The molecule has 4 heteroatoms. The molecule has 2 aromatic carbocycles. The maximum absolute atomic E-state index is 13.4. The van der Waals surface area contributed by atoms with Crippen LogP contribution in [0.15, 0.2) is 36.4 Å². The highest BCUT2D eigenvalue weighted by Gasteiger charge is 2.07. The minimum Gasteiger partial charge on any atom is -0.496 e. The van der Waals surface area contributed by atoms with Crippen molar-refractivity contribution in [3.05, 3.63) is 53.3 Å². The zero-order chi connectivity index (χ0) is 13.8. The van der Waals surface area contributed by atoms with Gasteiger partial charge in [0.15, 0.2) is 0 Å². The monoisotopic (exact) mass is 256 g/mol. The molecule has 0 aliphatic rings. The third kappa shape index (κ3) is 2.72. The number of hydrogen-bond acceptors (Lipinski definition) is 3. The highest BCUT2D eigenvalue weighted by Crippen LogP contribution is 2.27. The molecule has 0 bridgehead atoms. The van der Waals surface area contributed by atoms with E-state index in [1.54, 1.807) is 19.2 Å². The van der Waals surface area contributed by atoms with Crippen LogP contribution >= 0.6 is 0 Å². The Bertz CT molecular complexity index is 647. The van der Waals surface area contributed by atoms with Gasteiger partial charge in [-0.3, -0.25) is 0 Å². The first-order valence-corrected chi connectivity index (χ1v) is 5.76. The number of nitrogens with two attached hydrogens (primary N) is 1. The highest BCUT2D eigenvalue weighted by molar-refractivity contribution is 5.67. The van der Waals surface area contributed by atoms with Crippen molar-refractivity contribution in [3.63, 3.8) is 0 Å². The molecule has 0 heterocycles. The molecule has 0 amide bonds. The van der Waals surface area contributed by atoms with Gasteiger partial charge in [0.2, 0.25) is 0 Å². The summed E-state index contributed by atoms with van der Waals surface area (Å²) in [7, 11) is 1.57. The number of nitriles is 1. The summed E-state index contributed by atoms with van der Waals surface area (Å²) in [6, 6.07) is 11.6. The van der Waals surface area contributed by atoms with Crippen LogP contribution in [-0.4, -0.2) is 7.11 Å². The van der Waals surface area contributed by atoms with Gasteiger partial charge in [0, 0.05) is 12.1 Å². The third-order valence-corrected chi connectivity index (χ3v) is 2.86. The van der Waals surface area contributed by atoms with Crippen molar-refractivity contribution in [3.8, 4) is 22.9 Å². The van der Waals surface area contributed by atoms with E-state index in [0.717, 1.165) is 11.1 Å². The molecule has 0 aromatic heterocycles. The Morgan fingerprint density at radius 3 is 2.63 bits per heavy atom. The van der Waals surface area contributed by atoms with Crippen LogP contribution in [0, 0.1) is 17.1 Å². The first kappa shape index (κ1) is 13.1. The van der Waals surface area contributed by atoms with Crippen LogP contribution < -0.4 is 10.5 Å². The summed E-state index contributed by atoms with van der Waals surface area (Å²) in [5.74, 6) is 0.266. The number of rotatable bonds is 3. The van der Waals surface area contributed by atoms with Crippen LogP contribution in [0.5, 0.6) is 5.75 Å². The van der Waals surface area contributed by atoms with E-state index in [4.69, 9.17) is 15.7 Å². The molecule has 0 atom stereocenters. The first-order valence-electron chi connectivity index (χ1n) is 5.76. The molecule has 0 radical (unpaired) electrons. The van der Waals surface area contributed by atoms with Crippen LogP contribution in [0.2, 0.25) is 0 Å². The van der Waals surface area contributed by atoms with E-state index in [9.17, 15) is 4.39 Å². The smallest absolute Gasteiger partial charge is 0.125 e. The van der Waals surface area contributed by atoms with Gasteiger partial charge in [-0.15, -0.1) is 0 Å². The lowest BCUT2D eigenvalue weighted by atomic mass is 10.0. The normalized spacial score (nSPS) is 10.0. The Kier molecular flexibility index (Phi) is 3.79. The summed E-state index contributed by atoms with van der Waals surface area (Å²) >= 11 is 0. The topological polar surface area (TPSA) is 59.0 Å². The molecule has 2 aromatic rings. The zero-order valence-corrected chi connectivity index (χ0v) is 10.5. The van der Waals surface area contributed by atoms with Crippen LogP contribution in [0.3, 0.4) is 0 Å². The van der Waals surface area contributed by atoms with Crippen molar-refractivity contribution in [2.45, 2.75) is 6.54 Å². The predicted octanol–water partition coefficient (Wildman–Crippen LogP) is 2.83. The molecule has 0 aliphatic carbocycles. The molecule has 0 spiro atoms. The summed E-state index contributed by atoms with van der Waals surface area (Å²) in [5, 5.41) is 8.86. The molecule has 0 fully saturated rings. The number of halogens is 1. The molecule has 2 rings (SSSR count). The van der Waals surface area contributed by atoms with E-state index >= 15 is 0 Å². The fraction of sp³-hybridized carbons (Fsp3) is 0.133. The molecule has 0 aliphatic heterocycles. The molecule has 0 saturated heterocycles. The van der Waals surface area contributed by atoms with Gasteiger partial charge in [0.1, 0.15) is 11.6 Å². The van der Waals surface area contributed by atoms with Gasteiger partial charge in [-0.2, -0.15) is 5.26 Å². The minimum atomic E-state index is -0.431. The molecular weight excluding hydrogens is 243 g/mol. The number of benzene rings is 2. The van der Waals surface area contributed by atoms with Gasteiger partial charge >= 0.3 is 0 Å². The molecule has 96 valence electrons. The molecule has 2 N–H and O–H groups in total. The second-order valence-corrected chi connectivity index (χ2v) is 4.07. The third-order valence-electron chi connectivity index (χ3n) is 2.86. The van der Waals surface area contributed by atoms with Crippen molar-refractivity contribution in [1.29, 1.82) is 5.26 Å². The highest BCUT2D eigenvalue weighted by atomic mass is 19.1. The average molecular weight is 256 g/mol. The SMILES string of the molecule is COc1ccc(-c2cc(F)cc(C#N)c2)cc1CN. The van der Waals surface area contributed by atoms with Crippen LogP contribution in [0.4, 0.5) is 4.39 Å². The summed E-state index contributed by atoms with van der Waals surface area (Å²) < 4.78 is 18.6. The molecule has 0 unspecified atom stereocenters. The first-order chi connectivity index (χ1) is 9.17. The summed E-state index contributed by atoms with van der Waals surface area (Å²) in [4.78, 5) is 0. The second kappa shape index (κ2) is 5.51. The molecular formula is C15H13FN2O. The van der Waals surface area contributed by atoms with Crippen molar-refractivity contribution in [2.24, 2.45) is 5.73 Å². The van der Waals surface area contributed by atoms with Crippen molar-refractivity contribution < 1.29 is 9.13 Å². The summed E-state index contributed by atoms with van der Waals surface area (Å²) in [6.07, 6.45) is 0. The van der Waals surface area contributed by atoms with Crippen molar-refractivity contribution in [2.75, 3.05) is 7.11 Å². The van der Waals surface area contributed by atoms with Gasteiger partial charge in [-0.05, 0) is 41.5 Å². The number of ether oxygens (including phenoxy) is 1. The Balaban J connectivity index is 2.53. The predicted molar refractivity (Wildman–Crippen MR) is 71.0 cm³/mol. The Labute approximate surface area is 111 Å². The van der Waals surface area contributed by atoms with Crippen LogP contribution in [0.25, 0.3) is 11.1 Å². The van der Waals surface area contributed by atoms with Crippen LogP contribution in [-0.2, 0) is 6.54 Å². The second-order valence-electron chi connectivity index (χ2n) is 4.07. The standard InChI is InChI=1S/C15H13FN2O/c1-19-15-3-2-11(6-13(15)9-18)12-4-10(8-17)5-14(16)7-12/h2-7H,9,18H2,1H3. The van der Waals surface area contributed by atoms with Gasteiger partial charge in [-0.1, -0.05) is 6.07 Å². The molecule has 0 saturated carbocycles. The van der Waals surface area contributed by atoms with Crippen molar-refractivity contribution in [1.82, 2.24) is 0 Å². The van der Waals surface area contributed by atoms with E-state index in [1.807, 2.05) is 18.2 Å². The lowest BCUT2D eigenvalue weighted by Gasteiger charge is -2.09. The molecule has 3 nitrogen and oxygen atoms in total.